The van der Waals surface area contributed by atoms with E-state index in [0.717, 1.165) is 0 Å². The molecule has 0 heterocycles. The Kier molecular flexibility index (Phi) is 6.43. The van der Waals surface area contributed by atoms with E-state index >= 15 is 0 Å². The smallest absolute Gasteiger partial charge is 0.170 e. The van der Waals surface area contributed by atoms with Gasteiger partial charge in [0.25, 0.3) is 0 Å². The van der Waals surface area contributed by atoms with E-state index in [0.29, 0.717) is 0 Å². The first kappa shape index (κ1) is 20.8. The maximum absolute atomic E-state index is 14.3. The summed E-state index contributed by atoms with van der Waals surface area (Å²) in [5.74, 6) is -0.484. The van der Waals surface area contributed by atoms with Crippen molar-refractivity contribution in [3.63, 3.8) is 0 Å². The van der Waals surface area contributed by atoms with Gasteiger partial charge in [-0.1, -0.05) is 69.2 Å². The molecule has 0 aliphatic carbocycles. The van der Waals surface area contributed by atoms with Crippen LogP contribution in [0.1, 0.15) is 69.2 Å². The highest BCUT2D eigenvalue weighted by atomic mass is 19.4. The second kappa shape index (κ2) is 6.50. The lowest BCUT2D eigenvalue weighted by Gasteiger charge is -2.58. The topological polar surface area (TPSA) is 0 Å². The van der Waals surface area contributed by atoms with Gasteiger partial charge in [0.15, 0.2) is 0 Å². The van der Waals surface area contributed by atoms with Gasteiger partial charge in [-0.15, -0.1) is 0 Å². The third-order valence-corrected chi connectivity index (χ3v) is 6.21. The Morgan fingerprint density at radius 1 is 0.619 bits per heavy atom. The van der Waals surface area contributed by atoms with Crippen LogP contribution in [0.4, 0.5) is 13.2 Å². The summed E-state index contributed by atoms with van der Waals surface area (Å²) in [7, 11) is 0. The van der Waals surface area contributed by atoms with Crippen LogP contribution in [0, 0.1) is 40.4 Å². The fourth-order valence-electron chi connectivity index (χ4n) is 4.82. The summed E-state index contributed by atoms with van der Waals surface area (Å²) in [6, 6.07) is 0. The molecule has 128 valence electrons. The minimum Gasteiger partial charge on any atom is -0.170 e. The lowest BCUT2D eigenvalue weighted by molar-refractivity contribution is -0.304. The molecule has 0 fully saturated rings. The zero-order valence-electron chi connectivity index (χ0n) is 15.5. The molecule has 0 aliphatic rings. The minimum absolute atomic E-state index is 0.00606. The first-order valence-corrected chi connectivity index (χ1v) is 8.22. The number of hydrogen-bond donors (Lipinski definition) is 0. The molecule has 0 aromatic carbocycles. The van der Waals surface area contributed by atoms with Crippen LogP contribution in [0.3, 0.4) is 0 Å². The van der Waals surface area contributed by atoms with Crippen LogP contribution in [-0.2, 0) is 0 Å². The molecule has 0 aromatic rings. The van der Waals surface area contributed by atoms with E-state index in [4.69, 9.17) is 0 Å². The number of halogens is 3. The van der Waals surface area contributed by atoms with Crippen LogP contribution in [0.2, 0.25) is 0 Å². The van der Waals surface area contributed by atoms with Gasteiger partial charge >= 0.3 is 6.18 Å². The van der Waals surface area contributed by atoms with Gasteiger partial charge in [-0.3, -0.25) is 0 Å². The van der Waals surface area contributed by atoms with E-state index < -0.39 is 22.9 Å². The first-order valence-electron chi connectivity index (χ1n) is 8.22. The Bertz CT molecular complexity index is 310. The van der Waals surface area contributed by atoms with Crippen LogP contribution < -0.4 is 0 Å². The molecule has 0 radical (unpaired) electrons. The first-order chi connectivity index (χ1) is 9.15. The Balaban J connectivity index is 6.46. The Morgan fingerprint density at radius 3 is 1.05 bits per heavy atom. The lowest BCUT2D eigenvalue weighted by atomic mass is 9.47. The van der Waals surface area contributed by atoms with Gasteiger partial charge < -0.3 is 0 Å². The summed E-state index contributed by atoms with van der Waals surface area (Å²) in [6.07, 6.45) is -4.21. The molecule has 0 saturated carbocycles. The summed E-state index contributed by atoms with van der Waals surface area (Å²) in [5, 5.41) is 0. The monoisotopic (exact) mass is 308 g/mol. The van der Waals surface area contributed by atoms with Crippen LogP contribution in [0.5, 0.6) is 0 Å². The number of hydrogen-bond acceptors (Lipinski definition) is 0. The quantitative estimate of drug-likeness (QED) is 0.506. The van der Waals surface area contributed by atoms with Crippen molar-refractivity contribution in [2.45, 2.75) is 75.4 Å². The summed E-state index contributed by atoms with van der Waals surface area (Å²) >= 11 is 0. The second-order valence-electron chi connectivity index (χ2n) is 8.31. The van der Waals surface area contributed by atoms with Gasteiger partial charge in [-0.25, -0.2) is 0 Å². The normalized spacial score (nSPS) is 17.4. The zero-order chi connectivity index (χ0) is 17.4. The van der Waals surface area contributed by atoms with Gasteiger partial charge in [0, 0.05) is 0 Å². The van der Waals surface area contributed by atoms with Crippen molar-refractivity contribution in [1.29, 1.82) is 0 Å². The van der Waals surface area contributed by atoms with Crippen LogP contribution in [-0.4, -0.2) is 6.18 Å². The molecule has 0 amide bonds. The molecule has 0 bridgehead atoms. The van der Waals surface area contributed by atoms with Crippen molar-refractivity contribution >= 4 is 0 Å². The standard InChI is InChI=1S/C18H35F3/c1-11(2)15(12(3)4)17(10,18(19,20)21)16(9,13(5)6)14(7)8/h11-15H,1-10H3/t17-/m0/s1. The SMILES string of the molecule is CC(C)C(C(C)C)[C@](C)(C(F)(F)F)C(C)(C(C)C)C(C)C. The summed E-state index contributed by atoms with van der Waals surface area (Å²) in [4.78, 5) is 0. The third-order valence-electron chi connectivity index (χ3n) is 6.21. The van der Waals surface area contributed by atoms with Gasteiger partial charge in [0.05, 0.1) is 5.41 Å². The highest BCUT2D eigenvalue weighted by Gasteiger charge is 2.67. The average molecular weight is 308 g/mol. The van der Waals surface area contributed by atoms with Crippen molar-refractivity contribution in [1.82, 2.24) is 0 Å². The third kappa shape index (κ3) is 3.27. The van der Waals surface area contributed by atoms with E-state index in [1.165, 1.54) is 6.92 Å². The van der Waals surface area contributed by atoms with Crippen LogP contribution in [0.25, 0.3) is 0 Å². The van der Waals surface area contributed by atoms with Gasteiger partial charge in [-0.05, 0) is 35.0 Å². The van der Waals surface area contributed by atoms with Gasteiger partial charge in [-0.2, -0.15) is 13.2 Å². The predicted octanol–water partition coefficient (Wildman–Crippen LogP) is 6.80. The molecule has 0 spiro atoms. The zero-order valence-corrected chi connectivity index (χ0v) is 15.5. The molecule has 0 aliphatic heterocycles. The Hall–Kier alpha value is -0.210. The van der Waals surface area contributed by atoms with Gasteiger partial charge in [0.2, 0.25) is 0 Å². The molecule has 0 nitrogen and oxygen atoms in total. The summed E-state index contributed by atoms with van der Waals surface area (Å²) in [5.41, 5.74) is -2.50. The van der Waals surface area contributed by atoms with E-state index in [9.17, 15) is 13.2 Å². The van der Waals surface area contributed by atoms with E-state index in [-0.39, 0.29) is 23.7 Å². The minimum atomic E-state index is -4.21. The fraction of sp³-hybridized carbons (Fsp3) is 1.00. The Morgan fingerprint density at radius 2 is 0.905 bits per heavy atom. The maximum atomic E-state index is 14.3. The Labute approximate surface area is 129 Å². The lowest BCUT2D eigenvalue weighted by Crippen LogP contribution is -2.60. The average Bonchev–Trinajstić information content (AvgIpc) is 2.23. The van der Waals surface area contributed by atoms with Crippen molar-refractivity contribution in [3.05, 3.63) is 0 Å². The molecule has 3 heteroatoms. The molecular formula is C18H35F3. The molecule has 21 heavy (non-hydrogen) atoms. The largest absolute Gasteiger partial charge is 0.395 e. The fourth-order valence-corrected chi connectivity index (χ4v) is 4.82. The molecular weight excluding hydrogens is 273 g/mol. The van der Waals surface area contributed by atoms with Gasteiger partial charge in [0.1, 0.15) is 0 Å². The highest BCUT2D eigenvalue weighted by molar-refractivity contribution is 5.05. The summed E-state index contributed by atoms with van der Waals surface area (Å²) < 4.78 is 42.9. The van der Waals surface area contributed by atoms with E-state index in [2.05, 4.69) is 0 Å². The van der Waals surface area contributed by atoms with Crippen molar-refractivity contribution in [3.8, 4) is 0 Å². The van der Waals surface area contributed by atoms with Crippen molar-refractivity contribution < 1.29 is 13.2 Å². The maximum Gasteiger partial charge on any atom is 0.395 e. The summed E-state index contributed by atoms with van der Waals surface area (Å²) in [6.45, 7) is 18.7. The molecule has 0 unspecified atom stereocenters. The molecule has 0 rings (SSSR count). The van der Waals surface area contributed by atoms with E-state index in [1.807, 2.05) is 62.3 Å². The molecule has 1 atom stereocenters. The molecule has 0 N–H and O–H groups in total. The van der Waals surface area contributed by atoms with Crippen molar-refractivity contribution in [2.75, 3.05) is 0 Å². The molecule has 0 aromatic heterocycles. The second-order valence-corrected chi connectivity index (χ2v) is 8.31. The predicted molar refractivity (Wildman–Crippen MR) is 85.1 cm³/mol. The number of rotatable bonds is 6. The van der Waals surface area contributed by atoms with Crippen LogP contribution >= 0.6 is 0 Å². The van der Waals surface area contributed by atoms with Crippen LogP contribution in [0.15, 0.2) is 0 Å². The molecule has 0 saturated heterocycles. The van der Waals surface area contributed by atoms with Crippen molar-refractivity contribution in [2.24, 2.45) is 40.4 Å². The van der Waals surface area contributed by atoms with E-state index in [1.54, 1.807) is 0 Å². The number of alkyl halides is 3. The highest BCUT2D eigenvalue weighted by Crippen LogP contribution is 2.64.